The number of rotatable bonds is 14. The van der Waals surface area contributed by atoms with Crippen LogP contribution in [0.1, 0.15) is 62.8 Å². The van der Waals surface area contributed by atoms with Gasteiger partial charge in [0.05, 0.1) is 13.7 Å². The fourth-order valence-corrected chi connectivity index (χ4v) is 5.03. The van der Waals surface area contributed by atoms with Crippen LogP contribution >= 0.6 is 11.6 Å². The maximum atomic E-state index is 14.2. The molecule has 0 unspecified atom stereocenters. The van der Waals surface area contributed by atoms with Crippen molar-refractivity contribution in [3.05, 3.63) is 94.5 Å². The fourth-order valence-electron chi connectivity index (χ4n) is 4.83. The molecule has 1 aliphatic rings. The second-order valence-electron chi connectivity index (χ2n) is 11.6. The van der Waals surface area contributed by atoms with Crippen LogP contribution in [0, 0.1) is 0 Å². The third kappa shape index (κ3) is 8.97. The normalized spacial score (nSPS) is 17.6. The molecule has 3 aromatic carbocycles. The predicted octanol–water partition coefficient (Wildman–Crippen LogP) is 5.31. The summed E-state index contributed by atoms with van der Waals surface area (Å²) >= 11 is 6.32. The first-order valence-corrected chi connectivity index (χ1v) is 15.2. The third-order valence-corrected chi connectivity index (χ3v) is 7.36. The van der Waals surface area contributed by atoms with Crippen molar-refractivity contribution < 1.29 is 33.6 Å². The molecule has 0 aliphatic carbocycles. The second kappa shape index (κ2) is 15.2. The van der Waals surface area contributed by atoms with Crippen molar-refractivity contribution in [2.45, 2.75) is 63.8 Å². The van der Waals surface area contributed by atoms with Crippen LogP contribution in [0.25, 0.3) is 0 Å². The molecule has 0 radical (unpaired) electrons. The molecule has 0 saturated carbocycles. The Hall–Kier alpha value is -4.12. The van der Waals surface area contributed by atoms with Crippen molar-refractivity contribution in [3.63, 3.8) is 0 Å². The number of aliphatic hydroxyl groups excluding tert-OH is 1. The molecule has 11 heteroatoms. The van der Waals surface area contributed by atoms with Crippen LogP contribution < -0.4 is 20.3 Å². The Bertz CT molecular complexity index is 1490. The first-order valence-electron chi connectivity index (χ1n) is 14.8. The van der Waals surface area contributed by atoms with E-state index in [1.165, 1.54) is 0 Å². The predicted molar refractivity (Wildman–Crippen MR) is 171 cm³/mol. The van der Waals surface area contributed by atoms with Crippen molar-refractivity contribution >= 4 is 29.4 Å². The minimum Gasteiger partial charge on any atom is -0.497 e. The number of benzene rings is 3. The van der Waals surface area contributed by atoms with E-state index >= 15 is 0 Å². The van der Waals surface area contributed by atoms with Gasteiger partial charge in [-0.1, -0.05) is 41.9 Å². The summed E-state index contributed by atoms with van der Waals surface area (Å²) in [6.07, 6.45) is -0.491. The fraction of sp³-hybridized carbons (Fsp3) is 0.382. The Kier molecular flexibility index (Phi) is 11.4. The highest BCUT2D eigenvalue weighted by Gasteiger charge is 2.53. The van der Waals surface area contributed by atoms with Crippen LogP contribution in [-0.4, -0.2) is 54.3 Å². The lowest BCUT2D eigenvalue weighted by atomic mass is 9.83. The molecule has 0 saturated heterocycles. The summed E-state index contributed by atoms with van der Waals surface area (Å²) in [4.78, 5) is 32.1. The van der Waals surface area contributed by atoms with Crippen molar-refractivity contribution in [1.29, 1.82) is 0 Å². The average Bonchev–Trinajstić information content (AvgIpc) is 3.42. The number of carbonyl (C=O) groups is 2. The van der Waals surface area contributed by atoms with Crippen LogP contribution in [0.5, 0.6) is 11.5 Å². The van der Waals surface area contributed by atoms with Crippen LogP contribution in [-0.2, 0) is 25.6 Å². The van der Waals surface area contributed by atoms with Crippen LogP contribution in [0.3, 0.4) is 0 Å². The molecular weight excluding hydrogens is 598 g/mol. The molecule has 1 amide bonds. The third-order valence-electron chi connectivity index (χ3n) is 7.00. The van der Waals surface area contributed by atoms with Crippen molar-refractivity contribution in [3.8, 4) is 11.5 Å². The second-order valence-corrected chi connectivity index (χ2v) is 12.0. The Labute approximate surface area is 268 Å². The lowest BCUT2D eigenvalue weighted by Crippen LogP contribution is -2.52. The lowest BCUT2D eigenvalue weighted by Gasteiger charge is -2.31. The molecule has 1 heterocycles. The number of ether oxygens (including phenoxy) is 4. The molecule has 3 aromatic rings. The Morgan fingerprint density at radius 2 is 1.80 bits per heavy atom. The van der Waals surface area contributed by atoms with Crippen LogP contribution in [0.4, 0.5) is 0 Å². The van der Waals surface area contributed by atoms with Gasteiger partial charge in [-0.3, -0.25) is 15.0 Å². The molecule has 45 heavy (non-hydrogen) atoms. The summed E-state index contributed by atoms with van der Waals surface area (Å²) in [6.45, 7) is 6.04. The number of methoxy groups -OCH3 is 1. The standard InChI is InChI=1S/C34H40ClN3O7/c1-33(2,3)45-29(40)17-18-34(32(41)38-36-22-25-9-5-6-12-28(25)35)30(24-10-7-11-27(21-24)42-4)44-31(37-34)23-13-15-26(16-14-23)43-20-8-19-39/h5-7,9-16,21,30,36,39H,8,17-20,22H2,1-4H3,(H,38,41)/t30-,34-/m0/s1. The van der Waals surface area contributed by atoms with Crippen LogP contribution in [0.15, 0.2) is 77.8 Å². The largest absolute Gasteiger partial charge is 0.497 e. The van der Waals surface area contributed by atoms with Gasteiger partial charge in [-0.05, 0) is 80.8 Å². The number of nitrogens with one attached hydrogen (secondary N) is 2. The number of halogens is 1. The minimum absolute atomic E-state index is 0.00471. The number of hydrogen-bond donors (Lipinski definition) is 3. The summed E-state index contributed by atoms with van der Waals surface area (Å²) in [7, 11) is 1.56. The number of hydrogen-bond acceptors (Lipinski definition) is 9. The first kappa shape index (κ1) is 33.8. The number of esters is 1. The van der Waals surface area contributed by atoms with Crippen molar-refractivity contribution in [2.75, 3.05) is 20.3 Å². The van der Waals surface area contributed by atoms with E-state index in [0.29, 0.717) is 40.7 Å². The summed E-state index contributed by atoms with van der Waals surface area (Å²) in [6, 6.07) is 21.6. The maximum absolute atomic E-state index is 14.2. The van der Waals surface area contributed by atoms with Crippen LogP contribution in [0.2, 0.25) is 5.02 Å². The molecule has 0 fully saturated rings. The molecule has 4 rings (SSSR count). The van der Waals surface area contributed by atoms with E-state index in [4.69, 9.17) is 40.6 Å². The Balaban J connectivity index is 1.70. The summed E-state index contributed by atoms with van der Waals surface area (Å²) in [5.41, 5.74) is 5.55. The molecule has 3 N–H and O–H groups in total. The zero-order valence-corrected chi connectivity index (χ0v) is 26.7. The highest BCUT2D eigenvalue weighted by Crippen LogP contribution is 2.44. The highest BCUT2D eigenvalue weighted by atomic mass is 35.5. The van der Waals surface area contributed by atoms with E-state index in [-0.39, 0.29) is 31.9 Å². The van der Waals surface area contributed by atoms with E-state index in [1.807, 2.05) is 24.3 Å². The molecule has 0 aromatic heterocycles. The molecular formula is C34H40ClN3O7. The monoisotopic (exact) mass is 637 g/mol. The lowest BCUT2D eigenvalue weighted by molar-refractivity contribution is -0.155. The zero-order chi connectivity index (χ0) is 32.5. The van der Waals surface area contributed by atoms with Gasteiger partial charge in [0.1, 0.15) is 17.1 Å². The van der Waals surface area contributed by atoms with Crippen molar-refractivity contribution in [2.24, 2.45) is 4.99 Å². The number of hydrazine groups is 1. The van der Waals surface area contributed by atoms with Crippen molar-refractivity contribution in [1.82, 2.24) is 10.9 Å². The molecule has 240 valence electrons. The van der Waals surface area contributed by atoms with Gasteiger partial charge in [-0.2, -0.15) is 0 Å². The van der Waals surface area contributed by atoms with Gasteiger partial charge in [-0.15, -0.1) is 0 Å². The van der Waals surface area contributed by atoms with Gasteiger partial charge in [0.15, 0.2) is 11.6 Å². The minimum atomic E-state index is -1.57. The van der Waals surface area contributed by atoms with E-state index in [2.05, 4.69) is 10.9 Å². The summed E-state index contributed by atoms with van der Waals surface area (Å²) in [5, 5.41) is 9.60. The van der Waals surface area contributed by atoms with E-state index < -0.39 is 29.1 Å². The van der Waals surface area contributed by atoms with Gasteiger partial charge in [0, 0.05) is 36.6 Å². The summed E-state index contributed by atoms with van der Waals surface area (Å²) in [5.74, 6) is 0.469. The number of aliphatic imine (C=N–C) groups is 1. The SMILES string of the molecule is COc1cccc([C@@H]2OC(c3ccc(OCCCO)cc3)=N[C@]2(CCC(=O)OC(C)(C)C)C(=O)NNCc2ccccc2Cl)c1. The van der Waals surface area contributed by atoms with Gasteiger partial charge in [0.25, 0.3) is 5.91 Å². The Morgan fingerprint density at radius 1 is 1.04 bits per heavy atom. The number of amides is 1. The molecule has 0 spiro atoms. The number of carbonyl (C=O) groups excluding carboxylic acids is 2. The van der Waals surface area contributed by atoms with Gasteiger partial charge in [-0.25, -0.2) is 10.4 Å². The first-order chi connectivity index (χ1) is 21.5. The number of aliphatic hydroxyl groups is 1. The quantitative estimate of drug-likeness (QED) is 0.123. The van der Waals surface area contributed by atoms with Gasteiger partial charge >= 0.3 is 5.97 Å². The highest BCUT2D eigenvalue weighted by molar-refractivity contribution is 6.31. The molecule has 0 bridgehead atoms. The van der Waals surface area contributed by atoms with E-state index in [1.54, 1.807) is 76.4 Å². The molecule has 2 atom stereocenters. The smallest absolute Gasteiger partial charge is 0.306 e. The van der Waals surface area contributed by atoms with E-state index in [0.717, 1.165) is 5.56 Å². The Morgan fingerprint density at radius 3 is 2.49 bits per heavy atom. The van der Waals surface area contributed by atoms with Gasteiger partial charge < -0.3 is 24.1 Å². The molecule has 1 aliphatic heterocycles. The van der Waals surface area contributed by atoms with E-state index in [9.17, 15) is 9.59 Å². The number of nitrogens with zero attached hydrogens (tertiary/aromatic N) is 1. The maximum Gasteiger partial charge on any atom is 0.306 e. The zero-order valence-electron chi connectivity index (χ0n) is 26.0. The topological polar surface area (TPSA) is 128 Å². The average molecular weight is 638 g/mol. The molecule has 10 nitrogen and oxygen atoms in total. The summed E-state index contributed by atoms with van der Waals surface area (Å²) < 4.78 is 23.2. The van der Waals surface area contributed by atoms with Gasteiger partial charge in [0.2, 0.25) is 5.90 Å².